The molecule has 3 heterocycles. The number of carboxylic acid groups (broad SMARTS) is 1. The van der Waals surface area contributed by atoms with Gasteiger partial charge in [-0.25, -0.2) is 13.2 Å². The van der Waals surface area contributed by atoms with E-state index in [0.29, 0.717) is 17.3 Å². The molecule has 0 spiro atoms. The fourth-order valence-corrected chi connectivity index (χ4v) is 6.42. The minimum absolute atomic E-state index is 0.00250. The molecule has 1 aromatic heterocycles. The Morgan fingerprint density at radius 1 is 1.03 bits per heavy atom. The highest BCUT2D eigenvalue weighted by atomic mass is 32.2. The molecule has 198 valence electrons. The summed E-state index contributed by atoms with van der Waals surface area (Å²) in [6, 6.07) is 17.5. The monoisotopic (exact) mass is 544 g/mol. The predicted molar refractivity (Wildman–Crippen MR) is 146 cm³/mol. The number of nitrogens with zero attached hydrogens (tertiary/aromatic N) is 2. The van der Waals surface area contributed by atoms with Crippen molar-refractivity contribution < 1.29 is 27.9 Å². The molecule has 0 saturated carbocycles. The number of para-hydroxylation sites is 1. The number of hydrogen-bond donors (Lipinski definition) is 3. The number of pyridine rings is 1. The van der Waals surface area contributed by atoms with Gasteiger partial charge in [0, 0.05) is 30.4 Å². The molecule has 0 aliphatic carbocycles. The summed E-state index contributed by atoms with van der Waals surface area (Å²) >= 11 is 0. The van der Waals surface area contributed by atoms with Gasteiger partial charge in [0.05, 0.1) is 42.1 Å². The molecule has 3 N–H and O–H groups in total. The number of anilines is 3. The Morgan fingerprint density at radius 3 is 2.56 bits per heavy atom. The molecule has 2 aliphatic heterocycles. The van der Waals surface area contributed by atoms with Crippen molar-refractivity contribution in [3.8, 4) is 11.1 Å². The largest absolute Gasteiger partial charge is 0.478 e. The Hall–Kier alpha value is -4.32. The Kier molecular flexibility index (Phi) is 6.26. The molecule has 2 aliphatic rings. The predicted octanol–water partition coefficient (Wildman–Crippen LogP) is 3.86. The van der Waals surface area contributed by atoms with Gasteiger partial charge < -0.3 is 20.5 Å². The molecule has 0 radical (unpaired) electrons. The maximum absolute atomic E-state index is 13.8. The molecular weight excluding hydrogens is 520 g/mol. The number of fused-ring (bicyclic) bond motifs is 2. The third-order valence-corrected chi connectivity index (χ3v) is 8.82. The van der Waals surface area contributed by atoms with E-state index in [1.54, 1.807) is 24.3 Å². The van der Waals surface area contributed by atoms with E-state index < -0.39 is 16.0 Å². The van der Waals surface area contributed by atoms with Gasteiger partial charge in [0.25, 0.3) is 0 Å². The highest BCUT2D eigenvalue weighted by Crippen LogP contribution is 2.38. The summed E-state index contributed by atoms with van der Waals surface area (Å²) in [5, 5.41) is 16.2. The van der Waals surface area contributed by atoms with Gasteiger partial charge in [-0.05, 0) is 47.0 Å². The average Bonchev–Trinajstić information content (AvgIpc) is 3.32. The quantitative estimate of drug-likeness (QED) is 0.333. The van der Waals surface area contributed by atoms with Crippen LogP contribution in [0.15, 0.2) is 71.8 Å². The molecule has 1 amide bonds. The summed E-state index contributed by atoms with van der Waals surface area (Å²) in [7, 11) is -4.00. The average molecular weight is 545 g/mol. The van der Waals surface area contributed by atoms with Crippen LogP contribution >= 0.6 is 0 Å². The number of hydrogen-bond acceptors (Lipinski definition) is 7. The van der Waals surface area contributed by atoms with Crippen molar-refractivity contribution in [3.05, 3.63) is 78.0 Å². The van der Waals surface area contributed by atoms with Gasteiger partial charge in [-0.2, -0.15) is 4.31 Å². The van der Waals surface area contributed by atoms with Crippen molar-refractivity contribution in [1.82, 2.24) is 9.29 Å². The first-order valence-electron chi connectivity index (χ1n) is 12.3. The lowest BCUT2D eigenvalue weighted by atomic mass is 10.00. The summed E-state index contributed by atoms with van der Waals surface area (Å²) in [6.45, 7) is 0.965. The zero-order valence-corrected chi connectivity index (χ0v) is 21.5. The topological polar surface area (TPSA) is 138 Å². The number of sulfonamides is 1. The van der Waals surface area contributed by atoms with Gasteiger partial charge in [0.2, 0.25) is 15.9 Å². The van der Waals surface area contributed by atoms with Gasteiger partial charge in [-0.15, -0.1) is 0 Å². The summed E-state index contributed by atoms with van der Waals surface area (Å²) < 4.78 is 34.3. The van der Waals surface area contributed by atoms with E-state index in [4.69, 9.17) is 4.74 Å². The van der Waals surface area contributed by atoms with E-state index in [9.17, 15) is 23.1 Å². The smallest absolute Gasteiger partial charge is 0.337 e. The Labute approximate surface area is 224 Å². The molecule has 3 aromatic carbocycles. The minimum atomic E-state index is -4.00. The van der Waals surface area contributed by atoms with Crippen LogP contribution in [-0.2, 0) is 26.0 Å². The zero-order valence-electron chi connectivity index (χ0n) is 20.7. The fraction of sp³-hybridized carbons (Fsp3) is 0.179. The third kappa shape index (κ3) is 4.60. The number of aromatic nitrogens is 1. The van der Waals surface area contributed by atoms with E-state index in [1.807, 2.05) is 30.3 Å². The van der Waals surface area contributed by atoms with Crippen molar-refractivity contribution in [2.75, 3.05) is 36.9 Å². The second-order valence-electron chi connectivity index (χ2n) is 9.32. The van der Waals surface area contributed by atoms with Crippen molar-refractivity contribution in [2.24, 2.45) is 0 Å². The summed E-state index contributed by atoms with van der Waals surface area (Å²) in [5.41, 5.74) is 4.29. The fourth-order valence-electron chi connectivity index (χ4n) is 4.91. The number of nitrogens with one attached hydrogen (secondary N) is 2. The first kappa shape index (κ1) is 25.0. The summed E-state index contributed by atoms with van der Waals surface area (Å²) in [6.07, 6.45) is 1.64. The molecule has 4 aromatic rings. The molecule has 39 heavy (non-hydrogen) atoms. The number of carbonyl (C=O) groups excluding carboxylic acids is 1. The molecule has 1 fully saturated rings. The number of carbonyl (C=O) groups is 2. The number of amides is 1. The lowest BCUT2D eigenvalue weighted by Gasteiger charge is -2.27. The number of aromatic carboxylic acids is 1. The first-order chi connectivity index (χ1) is 18.8. The Balaban J connectivity index is 1.54. The number of benzene rings is 3. The maximum Gasteiger partial charge on any atom is 0.337 e. The van der Waals surface area contributed by atoms with E-state index in [2.05, 4.69) is 15.6 Å². The lowest BCUT2D eigenvalue weighted by Crippen LogP contribution is -2.40. The molecule has 6 rings (SSSR count). The molecule has 0 bridgehead atoms. The SMILES string of the molecule is O=C1Cc2ccc(-c3ccc4ncc(S(=O)(=O)N5CCOCC5)c(Nc5ccccc5C(=O)O)c4c3)cc2N1. The van der Waals surface area contributed by atoms with E-state index >= 15 is 0 Å². The van der Waals surface area contributed by atoms with Crippen LogP contribution in [0.5, 0.6) is 0 Å². The Morgan fingerprint density at radius 2 is 1.77 bits per heavy atom. The van der Waals surface area contributed by atoms with Crippen LogP contribution in [0, 0.1) is 0 Å². The van der Waals surface area contributed by atoms with Gasteiger partial charge >= 0.3 is 5.97 Å². The second-order valence-corrected chi connectivity index (χ2v) is 11.2. The number of morpholine rings is 1. The third-order valence-electron chi connectivity index (χ3n) is 6.91. The van der Waals surface area contributed by atoms with Crippen LogP contribution in [-0.4, -0.2) is 61.0 Å². The van der Waals surface area contributed by atoms with E-state index in [1.165, 1.54) is 16.6 Å². The van der Waals surface area contributed by atoms with E-state index in [0.717, 1.165) is 22.4 Å². The summed E-state index contributed by atoms with van der Waals surface area (Å²) in [5.74, 6) is -1.21. The van der Waals surface area contributed by atoms with Crippen LogP contribution in [0.4, 0.5) is 17.1 Å². The Bertz CT molecular complexity index is 1750. The second kappa shape index (κ2) is 9.77. The zero-order chi connectivity index (χ0) is 27.1. The van der Waals surface area contributed by atoms with Crippen LogP contribution < -0.4 is 10.6 Å². The van der Waals surface area contributed by atoms with Crippen molar-refractivity contribution in [1.29, 1.82) is 0 Å². The highest BCUT2D eigenvalue weighted by Gasteiger charge is 2.31. The van der Waals surface area contributed by atoms with Crippen LogP contribution in [0.2, 0.25) is 0 Å². The van der Waals surface area contributed by atoms with Gasteiger partial charge in [-0.3, -0.25) is 9.78 Å². The normalized spacial score (nSPS) is 15.6. The van der Waals surface area contributed by atoms with Gasteiger partial charge in [0.15, 0.2) is 0 Å². The van der Waals surface area contributed by atoms with Crippen molar-refractivity contribution >= 4 is 49.9 Å². The first-order valence-corrected chi connectivity index (χ1v) is 13.8. The van der Waals surface area contributed by atoms with Crippen LogP contribution in [0.25, 0.3) is 22.0 Å². The maximum atomic E-state index is 13.8. The molecule has 10 nitrogen and oxygen atoms in total. The van der Waals surface area contributed by atoms with Crippen molar-refractivity contribution in [2.45, 2.75) is 11.3 Å². The van der Waals surface area contributed by atoms with Crippen LogP contribution in [0.3, 0.4) is 0 Å². The molecule has 0 unspecified atom stereocenters. The standard InChI is InChI=1S/C28H24N4O6S/c33-26-15-19-6-5-18(14-24(19)30-26)17-7-8-22-21(13-17)27(31-23-4-2-1-3-20(23)28(34)35)25(16-29-22)39(36,37)32-9-11-38-12-10-32/h1-8,13-14,16H,9-12,15H2,(H,29,31)(H,30,33)(H,34,35). The summed E-state index contributed by atoms with van der Waals surface area (Å²) in [4.78, 5) is 28.2. The molecule has 1 saturated heterocycles. The van der Waals surface area contributed by atoms with E-state index in [-0.39, 0.29) is 54.0 Å². The number of carboxylic acids is 1. The minimum Gasteiger partial charge on any atom is -0.478 e. The molecule has 0 atom stereocenters. The van der Waals surface area contributed by atoms with Gasteiger partial charge in [-0.1, -0.05) is 30.3 Å². The van der Waals surface area contributed by atoms with Gasteiger partial charge in [0.1, 0.15) is 4.90 Å². The van der Waals surface area contributed by atoms with Crippen molar-refractivity contribution in [3.63, 3.8) is 0 Å². The van der Waals surface area contributed by atoms with Crippen LogP contribution in [0.1, 0.15) is 15.9 Å². The molecular formula is C28H24N4O6S. The number of ether oxygens (including phenoxy) is 1. The highest BCUT2D eigenvalue weighted by molar-refractivity contribution is 7.89. The molecule has 11 heteroatoms. The number of rotatable bonds is 6. The lowest BCUT2D eigenvalue weighted by molar-refractivity contribution is -0.115.